The highest BCUT2D eigenvalue weighted by atomic mass is 16.3. The fourth-order valence-electron chi connectivity index (χ4n) is 4.36. The Morgan fingerprint density at radius 3 is 1.96 bits per heavy atom. The predicted octanol–water partition coefficient (Wildman–Crippen LogP) is 5.22. The minimum Gasteiger partial charge on any atom is -0.508 e. The number of rotatable bonds is 7. The van der Waals surface area contributed by atoms with Crippen LogP contribution in [0.15, 0.2) is 48.5 Å². The lowest BCUT2D eigenvalue weighted by Gasteiger charge is -2.49. The number of nitrogens with zero attached hydrogens (tertiary/aromatic N) is 1. The maximum absolute atomic E-state index is 10.8. The second-order valence-electron chi connectivity index (χ2n) is 7.63. The highest BCUT2D eigenvalue weighted by Crippen LogP contribution is 2.45. The number of hydrogen-bond acceptors (Lipinski definition) is 3. The molecule has 0 saturated carbocycles. The molecule has 0 fully saturated rings. The zero-order chi connectivity index (χ0) is 19.5. The molecule has 0 radical (unpaired) electrons. The summed E-state index contributed by atoms with van der Waals surface area (Å²) in [5, 5.41) is 21.0. The van der Waals surface area contributed by atoms with Crippen LogP contribution < -0.4 is 0 Å². The monoisotopic (exact) mass is 355 g/mol. The van der Waals surface area contributed by atoms with Gasteiger partial charge in [-0.05, 0) is 64.3 Å². The fraction of sp³-hybridized carbons (Fsp3) is 0.478. The molecule has 142 valence electrons. The molecule has 0 heterocycles. The first-order valence-electron chi connectivity index (χ1n) is 9.61. The maximum Gasteiger partial charge on any atom is 0.121 e. The highest BCUT2D eigenvalue weighted by molar-refractivity contribution is 5.48. The molecule has 3 heteroatoms. The molecule has 0 aliphatic carbocycles. The van der Waals surface area contributed by atoms with Crippen LogP contribution in [0.5, 0.6) is 5.75 Å². The van der Waals surface area contributed by atoms with Crippen molar-refractivity contribution in [3.8, 4) is 5.75 Å². The van der Waals surface area contributed by atoms with Gasteiger partial charge in [0.2, 0.25) is 0 Å². The predicted molar refractivity (Wildman–Crippen MR) is 108 cm³/mol. The van der Waals surface area contributed by atoms with Gasteiger partial charge in [-0.2, -0.15) is 0 Å². The molecule has 26 heavy (non-hydrogen) atoms. The van der Waals surface area contributed by atoms with Crippen LogP contribution in [-0.2, 0) is 5.54 Å². The first kappa shape index (κ1) is 20.5. The van der Waals surface area contributed by atoms with E-state index in [1.807, 2.05) is 24.3 Å². The van der Waals surface area contributed by atoms with Crippen molar-refractivity contribution in [3.63, 3.8) is 0 Å². The van der Waals surface area contributed by atoms with E-state index in [-0.39, 0.29) is 17.8 Å². The van der Waals surface area contributed by atoms with E-state index >= 15 is 0 Å². The maximum atomic E-state index is 10.8. The van der Waals surface area contributed by atoms with Gasteiger partial charge in [0.25, 0.3) is 0 Å². The summed E-state index contributed by atoms with van der Waals surface area (Å²) >= 11 is 0. The number of hydrogen-bond donors (Lipinski definition) is 2. The molecule has 0 bridgehead atoms. The van der Waals surface area contributed by atoms with Gasteiger partial charge in [-0.3, -0.25) is 4.90 Å². The second-order valence-corrected chi connectivity index (χ2v) is 7.63. The second kappa shape index (κ2) is 8.24. The summed E-state index contributed by atoms with van der Waals surface area (Å²) in [6.45, 7) is 12.7. The topological polar surface area (TPSA) is 43.7 Å². The van der Waals surface area contributed by atoms with Gasteiger partial charge in [-0.25, -0.2) is 0 Å². The van der Waals surface area contributed by atoms with Crippen LogP contribution in [0.25, 0.3) is 0 Å². The largest absolute Gasteiger partial charge is 0.508 e. The molecule has 2 N–H and O–H groups in total. The number of aliphatic hydroxyl groups is 1. The lowest BCUT2D eigenvalue weighted by atomic mass is 9.76. The van der Waals surface area contributed by atoms with Crippen molar-refractivity contribution >= 4 is 0 Å². The van der Waals surface area contributed by atoms with Crippen molar-refractivity contribution in [3.05, 3.63) is 65.2 Å². The lowest BCUT2D eigenvalue weighted by molar-refractivity contribution is 0.0458. The van der Waals surface area contributed by atoms with E-state index in [2.05, 4.69) is 51.7 Å². The molecule has 2 atom stereocenters. The summed E-state index contributed by atoms with van der Waals surface area (Å²) in [4.78, 5) is 2.46. The van der Waals surface area contributed by atoms with Crippen molar-refractivity contribution in [2.45, 2.75) is 71.7 Å². The highest BCUT2D eigenvalue weighted by Gasteiger charge is 2.43. The van der Waals surface area contributed by atoms with Gasteiger partial charge in [0.1, 0.15) is 5.75 Å². The molecule has 0 aromatic heterocycles. The Bertz CT molecular complexity index is 701. The van der Waals surface area contributed by atoms with Crippen LogP contribution in [0, 0.1) is 0 Å². The van der Waals surface area contributed by atoms with Crippen LogP contribution in [-0.4, -0.2) is 27.2 Å². The average Bonchev–Trinajstić information content (AvgIpc) is 2.60. The molecule has 0 saturated heterocycles. The van der Waals surface area contributed by atoms with Gasteiger partial charge in [0.05, 0.1) is 11.6 Å². The minimum atomic E-state index is -0.578. The third-order valence-electron chi connectivity index (χ3n) is 5.27. The molecule has 0 amide bonds. The van der Waals surface area contributed by atoms with Crippen LogP contribution in [0.1, 0.15) is 70.8 Å². The minimum absolute atomic E-state index is 0.270. The summed E-state index contributed by atoms with van der Waals surface area (Å²) in [6.07, 6.45) is 0.232. The zero-order valence-electron chi connectivity index (χ0n) is 16.9. The SMILES string of the molecule is CCC(c1ccccc1)(c1cc(C(C)O)ccc1O)N(C(C)C)C(C)C. The molecule has 0 aliphatic rings. The van der Waals surface area contributed by atoms with Crippen LogP contribution in [0.2, 0.25) is 0 Å². The van der Waals surface area contributed by atoms with Gasteiger partial charge in [-0.15, -0.1) is 0 Å². The number of phenolic OH excluding ortho intramolecular Hbond substituents is 1. The number of aromatic hydroxyl groups is 1. The average molecular weight is 356 g/mol. The van der Waals surface area contributed by atoms with E-state index in [4.69, 9.17) is 0 Å². The van der Waals surface area contributed by atoms with Gasteiger partial charge in [-0.1, -0.05) is 43.3 Å². The van der Waals surface area contributed by atoms with E-state index in [1.165, 1.54) is 0 Å². The first-order valence-corrected chi connectivity index (χ1v) is 9.61. The third kappa shape index (κ3) is 3.65. The number of aliphatic hydroxyl groups excluding tert-OH is 1. The molecule has 0 aliphatic heterocycles. The smallest absolute Gasteiger partial charge is 0.121 e. The van der Waals surface area contributed by atoms with Gasteiger partial charge in [0, 0.05) is 17.6 Å². The van der Waals surface area contributed by atoms with Gasteiger partial charge < -0.3 is 10.2 Å². The molecular formula is C23H33NO2. The normalized spacial score (nSPS) is 15.5. The van der Waals surface area contributed by atoms with E-state index in [0.717, 1.165) is 23.1 Å². The van der Waals surface area contributed by atoms with Gasteiger partial charge in [0.15, 0.2) is 0 Å². The quantitative estimate of drug-likeness (QED) is 0.716. The van der Waals surface area contributed by atoms with Gasteiger partial charge >= 0.3 is 0 Å². The van der Waals surface area contributed by atoms with Crippen molar-refractivity contribution in [2.75, 3.05) is 0 Å². The molecule has 2 rings (SSSR count). The van der Waals surface area contributed by atoms with Crippen LogP contribution in [0.3, 0.4) is 0 Å². The van der Waals surface area contributed by atoms with E-state index in [0.29, 0.717) is 0 Å². The number of phenols is 1. The fourth-order valence-corrected chi connectivity index (χ4v) is 4.36. The van der Waals surface area contributed by atoms with Crippen molar-refractivity contribution in [2.24, 2.45) is 0 Å². The van der Waals surface area contributed by atoms with Crippen molar-refractivity contribution in [1.82, 2.24) is 4.90 Å². The third-order valence-corrected chi connectivity index (χ3v) is 5.27. The summed E-state index contributed by atoms with van der Waals surface area (Å²) in [5.74, 6) is 0.270. The van der Waals surface area contributed by atoms with Crippen molar-refractivity contribution in [1.29, 1.82) is 0 Å². The van der Waals surface area contributed by atoms with E-state index in [9.17, 15) is 10.2 Å². The summed E-state index contributed by atoms with van der Waals surface area (Å²) in [6, 6.07) is 16.4. The first-order chi connectivity index (χ1) is 12.3. The zero-order valence-corrected chi connectivity index (χ0v) is 16.9. The van der Waals surface area contributed by atoms with E-state index < -0.39 is 11.6 Å². The Hall–Kier alpha value is -1.84. The van der Waals surface area contributed by atoms with E-state index in [1.54, 1.807) is 19.1 Å². The number of benzene rings is 2. The Balaban J connectivity index is 2.86. The lowest BCUT2D eigenvalue weighted by Crippen LogP contribution is -2.53. The Morgan fingerprint density at radius 2 is 1.50 bits per heavy atom. The Morgan fingerprint density at radius 1 is 0.923 bits per heavy atom. The molecule has 2 aromatic rings. The molecular weight excluding hydrogens is 322 g/mol. The molecule has 2 unspecified atom stereocenters. The molecule has 3 nitrogen and oxygen atoms in total. The molecule has 0 spiro atoms. The standard InChI is InChI=1S/C23H33NO2/c1-7-23(20-11-9-8-10-12-20,24(16(2)3)17(4)5)21-15-19(18(6)25)13-14-22(21)26/h8-18,25-26H,7H2,1-6H3. The van der Waals surface area contributed by atoms with Crippen molar-refractivity contribution < 1.29 is 10.2 Å². The molecule has 2 aromatic carbocycles. The van der Waals surface area contributed by atoms with Crippen LogP contribution in [0.4, 0.5) is 0 Å². The Labute approximate surface area is 158 Å². The van der Waals surface area contributed by atoms with Crippen LogP contribution >= 0.6 is 0 Å². The summed E-state index contributed by atoms with van der Waals surface area (Å²) in [7, 11) is 0. The Kier molecular flexibility index (Phi) is 6.48. The summed E-state index contributed by atoms with van der Waals surface area (Å²) in [5.41, 5.74) is 2.35. The summed E-state index contributed by atoms with van der Waals surface area (Å²) < 4.78 is 0.